The first-order valence-corrected chi connectivity index (χ1v) is 8.18. The number of nitrogens with zero attached hydrogens (tertiary/aromatic N) is 2. The van der Waals surface area contributed by atoms with Crippen molar-refractivity contribution in [1.29, 1.82) is 0 Å². The lowest BCUT2D eigenvalue weighted by molar-refractivity contribution is -0.119. The van der Waals surface area contributed by atoms with Crippen LogP contribution in [0.2, 0.25) is 0 Å². The normalized spacial score (nSPS) is 10.6. The van der Waals surface area contributed by atoms with E-state index in [-0.39, 0.29) is 24.6 Å². The summed E-state index contributed by atoms with van der Waals surface area (Å²) in [7, 11) is 1.62. The van der Waals surface area contributed by atoms with Crippen molar-refractivity contribution in [1.82, 2.24) is 14.9 Å². The number of benzene rings is 2. The van der Waals surface area contributed by atoms with Crippen LogP contribution in [0.5, 0.6) is 5.75 Å². The molecule has 3 N–H and O–H groups in total. The predicted molar refractivity (Wildman–Crippen MR) is 99.3 cm³/mol. The number of fused-ring (bicyclic) bond motifs is 1. The summed E-state index contributed by atoms with van der Waals surface area (Å²) in [6.07, 6.45) is 0. The molecule has 0 aliphatic rings. The summed E-state index contributed by atoms with van der Waals surface area (Å²) in [5, 5.41) is 0.502. The average molecular weight is 366 g/mol. The van der Waals surface area contributed by atoms with Crippen molar-refractivity contribution in [2.75, 3.05) is 13.7 Å². The van der Waals surface area contributed by atoms with Gasteiger partial charge in [-0.05, 0) is 36.4 Å². The Morgan fingerprint density at radius 3 is 2.56 bits per heavy atom. The van der Waals surface area contributed by atoms with Crippen LogP contribution < -0.4 is 16.0 Å². The Morgan fingerprint density at radius 1 is 1.15 bits per heavy atom. The molecular weight excluding hydrogens is 348 g/mol. The molecule has 0 unspecified atom stereocenters. The van der Waals surface area contributed by atoms with Crippen molar-refractivity contribution < 1.29 is 14.3 Å². The first-order chi connectivity index (χ1) is 12.9. The van der Waals surface area contributed by atoms with Gasteiger partial charge in [-0.2, -0.15) is 0 Å². The number of hydrogen-bond acceptors (Lipinski definition) is 5. The zero-order valence-electron chi connectivity index (χ0n) is 14.6. The molecule has 3 rings (SSSR count). The van der Waals surface area contributed by atoms with Gasteiger partial charge in [-0.15, -0.1) is 0 Å². The number of H-pyrrole nitrogens is 1. The fourth-order valence-electron chi connectivity index (χ4n) is 2.57. The number of amides is 2. The lowest BCUT2D eigenvalue weighted by Crippen LogP contribution is -2.28. The molecule has 8 nitrogen and oxygen atoms in total. The van der Waals surface area contributed by atoms with Gasteiger partial charge in [0.2, 0.25) is 0 Å². The number of hydrogen-bond donors (Lipinski definition) is 2. The number of rotatable bonds is 6. The quantitative estimate of drug-likeness (QED) is 0.676. The summed E-state index contributed by atoms with van der Waals surface area (Å²) in [6.45, 7) is -0.0764. The van der Waals surface area contributed by atoms with E-state index in [2.05, 4.69) is 9.97 Å². The minimum absolute atomic E-state index is 0.152. The minimum atomic E-state index is -0.577. The van der Waals surface area contributed by atoms with Gasteiger partial charge in [-0.1, -0.05) is 12.1 Å². The van der Waals surface area contributed by atoms with Crippen LogP contribution in [0.1, 0.15) is 16.2 Å². The number of ether oxygens (including phenoxy) is 1. The Hall–Kier alpha value is -3.68. The van der Waals surface area contributed by atoms with Crippen molar-refractivity contribution in [3.8, 4) is 5.75 Å². The Morgan fingerprint density at radius 2 is 1.85 bits per heavy atom. The fraction of sp³-hybridized carbons (Fsp3) is 0.158. The maximum absolute atomic E-state index is 12.6. The Bertz CT molecular complexity index is 1040. The fourth-order valence-corrected chi connectivity index (χ4v) is 2.57. The highest BCUT2D eigenvalue weighted by Crippen LogP contribution is 2.14. The summed E-state index contributed by atoms with van der Waals surface area (Å²) in [6, 6.07) is 13.4. The number of carbonyl (C=O) groups excluding carboxylic acids is 2. The van der Waals surface area contributed by atoms with Crippen LogP contribution in [-0.2, 0) is 11.3 Å². The number of carbonyl (C=O) groups is 2. The molecule has 0 spiro atoms. The molecule has 1 heterocycles. The van der Waals surface area contributed by atoms with Crippen LogP contribution in [0.25, 0.3) is 10.9 Å². The Kier molecular flexibility index (Phi) is 5.16. The zero-order chi connectivity index (χ0) is 19.4. The second-order valence-corrected chi connectivity index (χ2v) is 5.97. The van der Waals surface area contributed by atoms with Gasteiger partial charge >= 0.3 is 0 Å². The van der Waals surface area contributed by atoms with Crippen molar-refractivity contribution in [3.05, 3.63) is 70.3 Å². The molecular formula is C19H18N4O4. The van der Waals surface area contributed by atoms with Gasteiger partial charge in [0.1, 0.15) is 11.6 Å². The van der Waals surface area contributed by atoms with E-state index in [4.69, 9.17) is 10.5 Å². The number of nitrogens with two attached hydrogens (primary N) is 1. The molecule has 27 heavy (non-hydrogen) atoms. The van der Waals surface area contributed by atoms with Crippen molar-refractivity contribution >= 4 is 22.7 Å². The van der Waals surface area contributed by atoms with E-state index in [1.807, 2.05) is 0 Å². The van der Waals surface area contributed by atoms with Crippen LogP contribution in [0.3, 0.4) is 0 Å². The summed E-state index contributed by atoms with van der Waals surface area (Å²) >= 11 is 0. The third-order valence-electron chi connectivity index (χ3n) is 3.88. The average Bonchev–Trinajstić information content (AvgIpc) is 2.66. The van der Waals surface area contributed by atoms with Crippen molar-refractivity contribution in [3.63, 3.8) is 0 Å². The van der Waals surface area contributed by atoms with E-state index in [1.54, 1.807) is 55.6 Å². The van der Waals surface area contributed by atoms with Crippen LogP contribution in [-0.4, -0.2) is 40.3 Å². The van der Waals surface area contributed by atoms with Gasteiger partial charge in [0.25, 0.3) is 17.4 Å². The van der Waals surface area contributed by atoms with Crippen LogP contribution >= 0.6 is 0 Å². The smallest absolute Gasteiger partial charge is 0.258 e. The van der Waals surface area contributed by atoms with Crippen LogP contribution in [0.15, 0.2) is 53.3 Å². The third kappa shape index (κ3) is 4.30. The number of aromatic nitrogens is 2. The van der Waals surface area contributed by atoms with Crippen LogP contribution in [0, 0.1) is 0 Å². The molecule has 0 bridgehead atoms. The maximum Gasteiger partial charge on any atom is 0.258 e. The standard InChI is InChI=1S/C19H18N4O4/c1-23(10-17-21-15-5-3-2-4-14(15)18(25)22-17)19(26)12-6-8-13(9-7-12)27-11-16(20)24/h2-9H,10-11H2,1H3,(H2,20,24)(H,21,22,25). The van der Waals surface area contributed by atoms with Gasteiger partial charge in [-0.3, -0.25) is 14.4 Å². The van der Waals surface area contributed by atoms with Crippen molar-refractivity contribution in [2.24, 2.45) is 5.73 Å². The number of aromatic amines is 1. The SMILES string of the molecule is CN(Cc1nc2ccccc2c(=O)[nH]1)C(=O)c1ccc(OCC(N)=O)cc1. The first-order valence-electron chi connectivity index (χ1n) is 8.18. The third-order valence-corrected chi connectivity index (χ3v) is 3.88. The molecule has 8 heteroatoms. The van der Waals surface area contributed by atoms with Gasteiger partial charge in [0.05, 0.1) is 17.4 Å². The summed E-state index contributed by atoms with van der Waals surface area (Å²) < 4.78 is 5.16. The zero-order valence-corrected chi connectivity index (χ0v) is 14.6. The van der Waals surface area contributed by atoms with E-state index in [0.29, 0.717) is 28.0 Å². The van der Waals surface area contributed by atoms with E-state index in [1.165, 1.54) is 4.90 Å². The molecule has 138 valence electrons. The molecule has 0 aliphatic carbocycles. The minimum Gasteiger partial charge on any atom is -0.484 e. The Balaban J connectivity index is 1.72. The van der Waals surface area contributed by atoms with E-state index < -0.39 is 5.91 Å². The number of nitrogens with one attached hydrogen (secondary N) is 1. The molecule has 0 saturated heterocycles. The topological polar surface area (TPSA) is 118 Å². The second-order valence-electron chi connectivity index (χ2n) is 5.97. The highest BCUT2D eigenvalue weighted by atomic mass is 16.5. The van der Waals surface area contributed by atoms with Gasteiger partial charge in [0.15, 0.2) is 6.61 Å². The summed E-state index contributed by atoms with van der Waals surface area (Å²) in [5.74, 6) is 0.0171. The highest BCUT2D eigenvalue weighted by molar-refractivity contribution is 5.94. The van der Waals surface area contributed by atoms with Crippen LogP contribution in [0.4, 0.5) is 0 Å². The first kappa shape index (κ1) is 18.1. The largest absolute Gasteiger partial charge is 0.484 e. The molecule has 0 aliphatic heterocycles. The molecule has 0 saturated carbocycles. The molecule has 0 fully saturated rings. The van der Waals surface area contributed by atoms with Gasteiger partial charge in [0, 0.05) is 12.6 Å². The van der Waals surface area contributed by atoms with Crippen molar-refractivity contribution in [2.45, 2.75) is 6.54 Å². The lowest BCUT2D eigenvalue weighted by atomic mass is 10.2. The predicted octanol–water partition coefficient (Wildman–Crippen LogP) is 1.06. The molecule has 0 radical (unpaired) electrons. The highest BCUT2D eigenvalue weighted by Gasteiger charge is 2.14. The summed E-state index contributed by atoms with van der Waals surface area (Å²) in [5.41, 5.74) is 5.79. The summed E-state index contributed by atoms with van der Waals surface area (Å²) in [4.78, 5) is 44.0. The second kappa shape index (κ2) is 7.69. The van der Waals surface area contributed by atoms with Gasteiger partial charge in [-0.25, -0.2) is 4.98 Å². The van der Waals surface area contributed by atoms with E-state index in [0.717, 1.165) is 0 Å². The molecule has 2 aromatic carbocycles. The maximum atomic E-state index is 12.6. The molecule has 3 aromatic rings. The number of primary amides is 1. The lowest BCUT2D eigenvalue weighted by Gasteiger charge is -2.17. The van der Waals surface area contributed by atoms with E-state index in [9.17, 15) is 14.4 Å². The monoisotopic (exact) mass is 366 g/mol. The molecule has 2 amide bonds. The Labute approximate surface area is 154 Å². The van der Waals surface area contributed by atoms with Gasteiger partial charge < -0.3 is 20.4 Å². The molecule has 1 aromatic heterocycles. The number of para-hydroxylation sites is 1. The molecule has 0 atom stereocenters. The van der Waals surface area contributed by atoms with E-state index >= 15 is 0 Å².